The summed E-state index contributed by atoms with van der Waals surface area (Å²) in [5, 5.41) is 13.5. The minimum Gasteiger partial charge on any atom is -0.497 e. The second kappa shape index (κ2) is 7.37. The molecule has 7 nitrogen and oxygen atoms in total. The van der Waals surface area contributed by atoms with E-state index in [0.29, 0.717) is 12.5 Å². The Hall–Kier alpha value is -2.44. The lowest BCUT2D eigenvalue weighted by molar-refractivity contribution is -0.121. The van der Waals surface area contributed by atoms with Gasteiger partial charge in [0.25, 0.3) is 0 Å². The van der Waals surface area contributed by atoms with Gasteiger partial charge in [0.05, 0.1) is 7.11 Å². The molecule has 0 aliphatic rings. The molecule has 21 heavy (non-hydrogen) atoms. The Balaban J connectivity index is 1.73. The molecule has 0 saturated heterocycles. The molecule has 0 aliphatic heterocycles. The smallest absolute Gasteiger partial charge is 0.241 e. The van der Waals surface area contributed by atoms with Crippen molar-refractivity contribution in [2.24, 2.45) is 0 Å². The van der Waals surface area contributed by atoms with Gasteiger partial charge < -0.3 is 10.1 Å². The van der Waals surface area contributed by atoms with E-state index in [-0.39, 0.29) is 12.5 Å². The highest BCUT2D eigenvalue weighted by molar-refractivity contribution is 5.75. The third-order valence-corrected chi connectivity index (χ3v) is 3.28. The summed E-state index contributed by atoms with van der Waals surface area (Å²) in [5.74, 6) is 1.12. The highest BCUT2D eigenvalue weighted by atomic mass is 16.5. The van der Waals surface area contributed by atoms with Crippen LogP contribution in [-0.4, -0.2) is 39.8 Å². The maximum atomic E-state index is 11.7. The number of amides is 1. The summed E-state index contributed by atoms with van der Waals surface area (Å²) in [6.07, 6.45) is 2.28. The van der Waals surface area contributed by atoms with E-state index in [4.69, 9.17) is 4.74 Å². The van der Waals surface area contributed by atoms with E-state index in [1.165, 1.54) is 16.6 Å². The first-order valence-corrected chi connectivity index (χ1v) is 6.80. The Labute approximate surface area is 123 Å². The number of aromatic nitrogens is 4. The quantitative estimate of drug-likeness (QED) is 0.822. The Bertz CT molecular complexity index is 553. The largest absolute Gasteiger partial charge is 0.497 e. The van der Waals surface area contributed by atoms with Gasteiger partial charge in [0, 0.05) is 6.54 Å². The first kappa shape index (κ1) is 15.0. The van der Waals surface area contributed by atoms with Gasteiger partial charge in [-0.2, -0.15) is 0 Å². The van der Waals surface area contributed by atoms with Crippen molar-refractivity contribution in [2.45, 2.75) is 25.8 Å². The number of rotatable bonds is 7. The van der Waals surface area contributed by atoms with Gasteiger partial charge in [-0.05, 0) is 40.5 Å². The maximum Gasteiger partial charge on any atom is 0.241 e. The lowest BCUT2D eigenvalue weighted by Crippen LogP contribution is -2.29. The van der Waals surface area contributed by atoms with Crippen LogP contribution in [-0.2, 0) is 11.3 Å². The Kier molecular flexibility index (Phi) is 5.25. The first-order chi connectivity index (χ1) is 10.2. The van der Waals surface area contributed by atoms with Gasteiger partial charge in [0.2, 0.25) is 5.91 Å². The average Bonchev–Trinajstić information content (AvgIpc) is 3.00. The number of hydrogen-bond donors (Lipinski definition) is 1. The Morgan fingerprint density at radius 1 is 1.38 bits per heavy atom. The lowest BCUT2D eigenvalue weighted by Gasteiger charge is -2.13. The van der Waals surface area contributed by atoms with Crippen LogP contribution in [0.25, 0.3) is 0 Å². The second-order valence-electron chi connectivity index (χ2n) is 4.82. The van der Waals surface area contributed by atoms with Gasteiger partial charge in [-0.1, -0.05) is 19.1 Å². The molecule has 1 atom stereocenters. The predicted molar refractivity (Wildman–Crippen MR) is 76.9 cm³/mol. The molecule has 0 radical (unpaired) electrons. The number of nitrogens with zero attached hydrogens (tertiary/aromatic N) is 4. The summed E-state index contributed by atoms with van der Waals surface area (Å²) < 4.78 is 6.53. The average molecular weight is 289 g/mol. The van der Waals surface area contributed by atoms with Crippen LogP contribution in [0, 0.1) is 0 Å². The van der Waals surface area contributed by atoms with Crippen LogP contribution in [0.4, 0.5) is 0 Å². The molecule has 0 spiro atoms. The van der Waals surface area contributed by atoms with Crippen molar-refractivity contribution in [3.8, 4) is 5.75 Å². The normalized spacial score (nSPS) is 11.9. The molecule has 0 bridgehead atoms. The molecule has 1 N–H and O–H groups in total. The fraction of sp³-hybridized carbons (Fsp3) is 0.429. The molecule has 1 aromatic heterocycles. The van der Waals surface area contributed by atoms with Crippen LogP contribution in [0.3, 0.4) is 0 Å². The van der Waals surface area contributed by atoms with Crippen molar-refractivity contribution in [2.75, 3.05) is 13.7 Å². The number of ether oxygens (including phenoxy) is 1. The predicted octanol–water partition coefficient (Wildman–Crippen LogP) is 0.992. The van der Waals surface area contributed by atoms with E-state index >= 15 is 0 Å². The summed E-state index contributed by atoms with van der Waals surface area (Å²) in [4.78, 5) is 11.7. The molecule has 0 fully saturated rings. The fourth-order valence-electron chi connectivity index (χ4n) is 1.98. The highest BCUT2D eigenvalue weighted by Gasteiger charge is 2.08. The van der Waals surface area contributed by atoms with Crippen LogP contribution in [0.1, 0.15) is 24.8 Å². The van der Waals surface area contributed by atoms with Gasteiger partial charge >= 0.3 is 0 Å². The van der Waals surface area contributed by atoms with Crippen LogP contribution in [0.2, 0.25) is 0 Å². The SMILES string of the molecule is COc1ccc([C@H](C)CCNC(=O)Cn2cnnn2)cc1. The van der Waals surface area contributed by atoms with Gasteiger partial charge in [-0.3, -0.25) is 4.79 Å². The van der Waals surface area contributed by atoms with Gasteiger partial charge in [0.15, 0.2) is 0 Å². The minimum absolute atomic E-state index is 0.0933. The molecule has 0 saturated carbocycles. The standard InChI is InChI=1S/C14H19N5O2/c1-11(12-3-5-13(21-2)6-4-12)7-8-15-14(20)9-19-10-16-17-18-19/h3-6,10-11H,7-9H2,1-2H3,(H,15,20)/t11-/m1/s1. The van der Waals surface area contributed by atoms with Crippen molar-refractivity contribution in [1.29, 1.82) is 0 Å². The summed E-state index contributed by atoms with van der Waals surface area (Å²) in [6.45, 7) is 2.90. The van der Waals surface area contributed by atoms with Crippen LogP contribution in [0.5, 0.6) is 5.75 Å². The molecule has 112 valence electrons. The third-order valence-electron chi connectivity index (χ3n) is 3.28. The molecule has 0 unspecified atom stereocenters. The Morgan fingerprint density at radius 2 is 2.14 bits per heavy atom. The number of methoxy groups -OCH3 is 1. The van der Waals surface area contributed by atoms with E-state index < -0.39 is 0 Å². The van der Waals surface area contributed by atoms with E-state index in [1.54, 1.807) is 7.11 Å². The van der Waals surface area contributed by atoms with Gasteiger partial charge in [-0.15, -0.1) is 5.10 Å². The van der Waals surface area contributed by atoms with Gasteiger partial charge in [-0.25, -0.2) is 4.68 Å². The molecule has 1 aromatic carbocycles. The second-order valence-corrected chi connectivity index (χ2v) is 4.82. The van der Waals surface area contributed by atoms with Crippen molar-refractivity contribution in [1.82, 2.24) is 25.5 Å². The number of nitrogens with one attached hydrogen (secondary N) is 1. The van der Waals surface area contributed by atoms with Gasteiger partial charge in [0.1, 0.15) is 18.6 Å². The molecule has 1 heterocycles. The van der Waals surface area contributed by atoms with Crippen LogP contribution in [0.15, 0.2) is 30.6 Å². The van der Waals surface area contributed by atoms with E-state index in [0.717, 1.165) is 12.2 Å². The zero-order valence-corrected chi connectivity index (χ0v) is 12.2. The molecule has 2 rings (SSSR count). The zero-order chi connectivity index (χ0) is 15.1. The van der Waals surface area contributed by atoms with Crippen molar-refractivity contribution >= 4 is 5.91 Å². The molecule has 2 aromatic rings. The molecule has 0 aliphatic carbocycles. The number of hydrogen-bond acceptors (Lipinski definition) is 5. The summed E-state index contributed by atoms with van der Waals surface area (Å²) >= 11 is 0. The molecule has 1 amide bonds. The van der Waals surface area contributed by atoms with E-state index in [1.807, 2.05) is 24.3 Å². The number of carbonyl (C=O) groups excluding carboxylic acids is 1. The highest BCUT2D eigenvalue weighted by Crippen LogP contribution is 2.21. The summed E-state index contributed by atoms with van der Waals surface area (Å²) in [6, 6.07) is 7.99. The van der Waals surface area contributed by atoms with Crippen molar-refractivity contribution in [3.63, 3.8) is 0 Å². The third kappa shape index (κ3) is 4.55. The molecular formula is C14H19N5O2. The van der Waals surface area contributed by atoms with Crippen LogP contribution < -0.4 is 10.1 Å². The lowest BCUT2D eigenvalue weighted by atomic mass is 9.98. The molecule has 7 heteroatoms. The fourth-order valence-corrected chi connectivity index (χ4v) is 1.98. The monoisotopic (exact) mass is 289 g/mol. The first-order valence-electron chi connectivity index (χ1n) is 6.80. The Morgan fingerprint density at radius 3 is 2.76 bits per heavy atom. The summed E-state index contributed by atoms with van der Waals surface area (Å²) in [7, 11) is 1.65. The number of tetrazole rings is 1. The van der Waals surface area contributed by atoms with Crippen molar-refractivity contribution in [3.05, 3.63) is 36.2 Å². The summed E-state index contributed by atoms with van der Waals surface area (Å²) in [5.41, 5.74) is 1.23. The maximum absolute atomic E-state index is 11.7. The van der Waals surface area contributed by atoms with E-state index in [9.17, 15) is 4.79 Å². The number of carbonyl (C=O) groups is 1. The topological polar surface area (TPSA) is 81.9 Å². The van der Waals surface area contributed by atoms with Crippen molar-refractivity contribution < 1.29 is 9.53 Å². The van der Waals surface area contributed by atoms with Crippen LogP contribution >= 0.6 is 0 Å². The zero-order valence-electron chi connectivity index (χ0n) is 12.2. The number of benzene rings is 1. The molecular weight excluding hydrogens is 270 g/mol. The van der Waals surface area contributed by atoms with E-state index in [2.05, 4.69) is 27.8 Å². The minimum atomic E-state index is -0.0933.